The zero-order valence-corrected chi connectivity index (χ0v) is 11.6. The molecule has 5 nitrogen and oxygen atoms in total. The number of anilines is 4. The van der Waals surface area contributed by atoms with Crippen molar-refractivity contribution in [1.29, 1.82) is 0 Å². The van der Waals surface area contributed by atoms with Crippen LogP contribution in [0.1, 0.15) is 0 Å². The molecule has 0 atom stereocenters. The van der Waals surface area contributed by atoms with Gasteiger partial charge >= 0.3 is 0 Å². The molecule has 0 saturated heterocycles. The predicted octanol–water partition coefficient (Wildman–Crippen LogP) is 3.78. The Morgan fingerprint density at radius 2 is 1.61 bits per heavy atom. The van der Waals surface area contributed by atoms with Gasteiger partial charge in [-0.15, -0.1) is 5.10 Å². The first-order valence-corrected chi connectivity index (χ1v) is 6.55. The Balaban J connectivity index is 1.83. The number of hydrogen-bond donors (Lipinski definition) is 2. The maximum absolute atomic E-state index is 13.6. The van der Waals surface area contributed by atoms with Gasteiger partial charge in [-0.1, -0.05) is 12.1 Å². The van der Waals surface area contributed by atoms with Crippen molar-refractivity contribution in [3.05, 3.63) is 66.1 Å². The number of benzene rings is 2. The lowest BCUT2D eigenvalue weighted by molar-refractivity contribution is 0.590. The zero-order valence-electron chi connectivity index (χ0n) is 11.6. The van der Waals surface area contributed by atoms with Crippen LogP contribution in [0.25, 0.3) is 0 Å². The molecule has 0 aliphatic carbocycles. The molecule has 0 fully saturated rings. The van der Waals surface area contributed by atoms with E-state index in [1.165, 1.54) is 30.5 Å². The topological polar surface area (TPSA) is 62.7 Å². The van der Waals surface area contributed by atoms with Gasteiger partial charge in [0, 0.05) is 5.69 Å². The van der Waals surface area contributed by atoms with Gasteiger partial charge in [0.05, 0.1) is 6.20 Å². The normalized spacial score (nSPS) is 10.4. The van der Waals surface area contributed by atoms with E-state index in [0.717, 1.165) is 12.1 Å². The number of halogens is 3. The molecule has 1 heterocycles. The highest BCUT2D eigenvalue weighted by molar-refractivity contribution is 5.59. The van der Waals surface area contributed by atoms with E-state index in [1.807, 2.05) is 0 Å². The third-order valence-electron chi connectivity index (χ3n) is 2.86. The summed E-state index contributed by atoms with van der Waals surface area (Å²) >= 11 is 0. The molecule has 116 valence electrons. The molecule has 23 heavy (non-hydrogen) atoms. The van der Waals surface area contributed by atoms with Crippen molar-refractivity contribution in [2.75, 3.05) is 10.6 Å². The Kier molecular flexibility index (Phi) is 4.05. The Morgan fingerprint density at radius 3 is 2.35 bits per heavy atom. The zero-order chi connectivity index (χ0) is 16.2. The number of rotatable bonds is 4. The molecule has 0 unspecified atom stereocenters. The van der Waals surface area contributed by atoms with E-state index in [0.29, 0.717) is 5.69 Å². The highest BCUT2D eigenvalue weighted by atomic mass is 19.1. The minimum absolute atomic E-state index is 0.0531. The second-order valence-electron chi connectivity index (χ2n) is 4.52. The summed E-state index contributed by atoms with van der Waals surface area (Å²) < 4.78 is 40.3. The summed E-state index contributed by atoms with van der Waals surface area (Å²) in [5.41, 5.74) is 0.0747. The molecule has 0 bridgehead atoms. The Hall–Kier alpha value is -3.16. The number of nitrogens with one attached hydrogen (secondary N) is 2. The molecule has 1 aromatic heterocycles. The first kappa shape index (κ1) is 14.8. The van der Waals surface area contributed by atoms with E-state index in [4.69, 9.17) is 0 Å². The lowest BCUT2D eigenvalue weighted by Gasteiger charge is -2.09. The Labute approximate surface area is 129 Å². The van der Waals surface area contributed by atoms with Crippen LogP contribution in [0.4, 0.5) is 36.3 Å². The van der Waals surface area contributed by atoms with Crippen LogP contribution in [-0.4, -0.2) is 15.2 Å². The second-order valence-corrected chi connectivity index (χ2v) is 4.52. The third-order valence-corrected chi connectivity index (χ3v) is 2.86. The van der Waals surface area contributed by atoms with E-state index < -0.39 is 17.5 Å². The van der Waals surface area contributed by atoms with Gasteiger partial charge in [0.2, 0.25) is 5.95 Å². The molecule has 0 amide bonds. The lowest BCUT2D eigenvalue weighted by Crippen LogP contribution is -2.04. The van der Waals surface area contributed by atoms with Crippen LogP contribution in [0, 0.1) is 17.5 Å². The van der Waals surface area contributed by atoms with E-state index in [2.05, 4.69) is 25.8 Å². The van der Waals surface area contributed by atoms with E-state index in [9.17, 15) is 13.2 Å². The smallest absolute Gasteiger partial charge is 0.249 e. The number of hydrogen-bond acceptors (Lipinski definition) is 5. The van der Waals surface area contributed by atoms with E-state index in [-0.39, 0.29) is 17.5 Å². The van der Waals surface area contributed by atoms with Crippen LogP contribution < -0.4 is 10.6 Å². The second kappa shape index (κ2) is 6.30. The van der Waals surface area contributed by atoms with Crippen molar-refractivity contribution in [3.63, 3.8) is 0 Å². The first-order valence-electron chi connectivity index (χ1n) is 6.55. The summed E-state index contributed by atoms with van der Waals surface area (Å²) in [6.07, 6.45) is 1.21. The molecule has 8 heteroatoms. The van der Waals surface area contributed by atoms with Crippen molar-refractivity contribution in [1.82, 2.24) is 15.2 Å². The molecule has 0 aliphatic heterocycles. The molecule has 0 saturated carbocycles. The van der Waals surface area contributed by atoms with Crippen LogP contribution in [0.3, 0.4) is 0 Å². The molecule has 0 spiro atoms. The summed E-state index contributed by atoms with van der Waals surface area (Å²) in [5, 5.41) is 12.7. The third kappa shape index (κ3) is 3.54. The molecule has 2 aromatic carbocycles. The minimum atomic E-state index is -0.761. The maximum atomic E-state index is 13.6. The van der Waals surface area contributed by atoms with E-state index in [1.54, 1.807) is 6.07 Å². The minimum Gasteiger partial charge on any atom is -0.334 e. The van der Waals surface area contributed by atoms with Crippen LogP contribution >= 0.6 is 0 Å². The monoisotopic (exact) mass is 317 g/mol. The molecule has 0 radical (unpaired) electrons. The standard InChI is InChI=1S/C15H10F3N5/c16-9-3-1-4-10(7-9)20-15-22-13(8-19-23-15)21-14-11(17)5-2-6-12(14)18/h1-8H,(H2,20,21,22,23). The predicted molar refractivity (Wildman–Crippen MR) is 79.2 cm³/mol. The van der Waals surface area contributed by atoms with Crippen LogP contribution in [0.2, 0.25) is 0 Å². The van der Waals surface area contributed by atoms with Crippen molar-refractivity contribution in [3.8, 4) is 0 Å². The van der Waals surface area contributed by atoms with Crippen LogP contribution in [0.5, 0.6) is 0 Å². The Bertz CT molecular complexity index is 821. The van der Waals surface area contributed by atoms with E-state index >= 15 is 0 Å². The van der Waals surface area contributed by atoms with Gasteiger partial charge < -0.3 is 10.6 Å². The molecule has 3 aromatic rings. The fraction of sp³-hybridized carbons (Fsp3) is 0. The summed E-state index contributed by atoms with van der Waals surface area (Å²) in [7, 11) is 0. The van der Waals surface area contributed by atoms with Gasteiger partial charge in [-0.2, -0.15) is 10.1 Å². The highest BCUT2D eigenvalue weighted by Gasteiger charge is 2.10. The molecular formula is C15H10F3N5. The molecular weight excluding hydrogens is 307 g/mol. The molecule has 0 aliphatic rings. The molecule has 3 rings (SSSR count). The number of aromatic nitrogens is 3. The highest BCUT2D eigenvalue weighted by Crippen LogP contribution is 2.22. The fourth-order valence-corrected chi connectivity index (χ4v) is 1.86. The fourth-order valence-electron chi connectivity index (χ4n) is 1.86. The molecule has 2 N–H and O–H groups in total. The van der Waals surface area contributed by atoms with Gasteiger partial charge in [-0.3, -0.25) is 0 Å². The summed E-state index contributed by atoms with van der Waals surface area (Å²) in [5.74, 6) is -1.81. The van der Waals surface area contributed by atoms with Crippen LogP contribution in [0.15, 0.2) is 48.7 Å². The van der Waals surface area contributed by atoms with Gasteiger partial charge in [-0.05, 0) is 30.3 Å². The largest absolute Gasteiger partial charge is 0.334 e. The van der Waals surface area contributed by atoms with Crippen molar-refractivity contribution >= 4 is 23.1 Å². The number of nitrogens with zero attached hydrogens (tertiary/aromatic N) is 3. The summed E-state index contributed by atoms with van der Waals surface area (Å²) in [6.45, 7) is 0. The average molecular weight is 317 g/mol. The van der Waals surface area contributed by atoms with Crippen molar-refractivity contribution < 1.29 is 13.2 Å². The summed E-state index contributed by atoms with van der Waals surface area (Å²) in [6, 6.07) is 9.16. The average Bonchev–Trinajstić information content (AvgIpc) is 2.52. The Morgan fingerprint density at radius 1 is 0.870 bits per heavy atom. The van der Waals surface area contributed by atoms with Gasteiger partial charge in [0.25, 0.3) is 0 Å². The summed E-state index contributed by atoms with van der Waals surface area (Å²) in [4.78, 5) is 4.02. The number of para-hydroxylation sites is 1. The van der Waals surface area contributed by atoms with Gasteiger partial charge in [0.15, 0.2) is 5.82 Å². The lowest BCUT2D eigenvalue weighted by atomic mass is 10.3. The van der Waals surface area contributed by atoms with Crippen molar-refractivity contribution in [2.45, 2.75) is 0 Å². The SMILES string of the molecule is Fc1cccc(Nc2nncc(Nc3c(F)cccc3F)n2)c1. The van der Waals surface area contributed by atoms with Crippen LogP contribution in [-0.2, 0) is 0 Å². The quantitative estimate of drug-likeness (QED) is 0.767. The van der Waals surface area contributed by atoms with Crippen molar-refractivity contribution in [2.24, 2.45) is 0 Å². The van der Waals surface area contributed by atoms with Gasteiger partial charge in [-0.25, -0.2) is 13.2 Å². The maximum Gasteiger partial charge on any atom is 0.249 e. The first-order chi connectivity index (χ1) is 11.1. The van der Waals surface area contributed by atoms with Gasteiger partial charge in [0.1, 0.15) is 23.1 Å².